The van der Waals surface area contributed by atoms with Gasteiger partial charge in [0, 0.05) is 12.6 Å². The second-order valence-electron chi connectivity index (χ2n) is 5.01. The summed E-state index contributed by atoms with van der Waals surface area (Å²) in [6.07, 6.45) is 2.74. The van der Waals surface area contributed by atoms with Gasteiger partial charge in [0.2, 0.25) is 0 Å². The number of nitrogens with one attached hydrogen (secondary N) is 2. The first-order chi connectivity index (χ1) is 9.04. The Morgan fingerprint density at radius 3 is 2.63 bits per heavy atom. The highest BCUT2D eigenvalue weighted by molar-refractivity contribution is 7.87. The van der Waals surface area contributed by atoms with Crippen molar-refractivity contribution in [3.63, 3.8) is 0 Å². The zero-order valence-electron chi connectivity index (χ0n) is 11.1. The molecule has 2 N–H and O–H groups in total. The molecule has 7 nitrogen and oxygen atoms in total. The van der Waals surface area contributed by atoms with Crippen molar-refractivity contribution in [1.29, 1.82) is 0 Å². The molecule has 0 radical (unpaired) electrons. The van der Waals surface area contributed by atoms with Crippen LogP contribution in [0, 0.1) is 5.92 Å². The summed E-state index contributed by atoms with van der Waals surface area (Å²) in [5.74, 6) is 0.373. The zero-order valence-corrected chi connectivity index (χ0v) is 11.9. The molecule has 2 aliphatic rings. The fraction of sp³-hybridized carbons (Fsp3) is 0.909. The van der Waals surface area contributed by atoms with E-state index >= 15 is 0 Å². The lowest BCUT2D eigenvalue weighted by atomic mass is 9.89. The van der Waals surface area contributed by atoms with Crippen LogP contribution in [0.1, 0.15) is 25.7 Å². The molecule has 19 heavy (non-hydrogen) atoms. The van der Waals surface area contributed by atoms with Gasteiger partial charge in [0.05, 0.1) is 7.11 Å². The number of carbonyl (C=O) groups excluding carboxylic acids is 1. The van der Waals surface area contributed by atoms with Crippen LogP contribution in [0.4, 0.5) is 4.79 Å². The molecule has 0 aromatic heterocycles. The van der Waals surface area contributed by atoms with Gasteiger partial charge in [-0.2, -0.15) is 12.7 Å². The van der Waals surface area contributed by atoms with Gasteiger partial charge in [-0.15, -0.1) is 0 Å². The third kappa shape index (κ3) is 3.37. The molecule has 2 fully saturated rings. The van der Waals surface area contributed by atoms with Crippen molar-refractivity contribution in [1.82, 2.24) is 14.3 Å². The Morgan fingerprint density at radius 1 is 1.32 bits per heavy atom. The largest absolute Gasteiger partial charge is 0.452 e. The molecule has 0 spiro atoms. The molecule has 2 rings (SSSR count). The van der Waals surface area contributed by atoms with Gasteiger partial charge in [-0.1, -0.05) is 0 Å². The molecule has 110 valence electrons. The smallest absolute Gasteiger partial charge is 0.421 e. The van der Waals surface area contributed by atoms with E-state index in [1.165, 1.54) is 4.31 Å². The van der Waals surface area contributed by atoms with Crippen LogP contribution < -0.4 is 10.0 Å². The first-order valence-corrected chi connectivity index (χ1v) is 8.07. The molecule has 2 aliphatic heterocycles. The normalized spacial score (nSPS) is 26.3. The molecular formula is C11H21N3O4S. The van der Waals surface area contributed by atoms with Gasteiger partial charge in [-0.3, -0.25) is 0 Å². The summed E-state index contributed by atoms with van der Waals surface area (Å²) < 4.78 is 32.0. The molecule has 2 saturated heterocycles. The molecule has 0 aromatic rings. The molecule has 0 aliphatic carbocycles. The summed E-state index contributed by atoms with van der Waals surface area (Å²) in [4.78, 5) is 11.1. The Kier molecular flexibility index (Phi) is 4.64. The number of ether oxygens (including phenoxy) is 1. The Balaban J connectivity index is 2.06. The summed E-state index contributed by atoms with van der Waals surface area (Å²) in [6.45, 7) is 2.33. The zero-order chi connectivity index (χ0) is 13.9. The Hall–Kier alpha value is -0.860. The van der Waals surface area contributed by atoms with Crippen molar-refractivity contribution in [3.05, 3.63) is 0 Å². The summed E-state index contributed by atoms with van der Waals surface area (Å²) in [7, 11) is -2.63. The average molecular weight is 291 g/mol. The van der Waals surface area contributed by atoms with Crippen molar-refractivity contribution < 1.29 is 17.9 Å². The van der Waals surface area contributed by atoms with Gasteiger partial charge in [-0.25, -0.2) is 9.52 Å². The summed E-state index contributed by atoms with van der Waals surface area (Å²) in [5.41, 5.74) is 0. The highest BCUT2D eigenvalue weighted by Crippen LogP contribution is 2.31. The Morgan fingerprint density at radius 2 is 2.00 bits per heavy atom. The fourth-order valence-corrected chi connectivity index (χ4v) is 4.38. The first kappa shape index (κ1) is 14.5. The molecule has 1 amide bonds. The Labute approximate surface area is 113 Å². The van der Waals surface area contributed by atoms with Crippen LogP contribution in [0.25, 0.3) is 0 Å². The van der Waals surface area contributed by atoms with Crippen LogP contribution in [-0.2, 0) is 14.9 Å². The maximum Gasteiger partial charge on any atom is 0.421 e. The molecule has 2 heterocycles. The molecule has 0 aromatic carbocycles. The topological polar surface area (TPSA) is 87.7 Å². The highest BCUT2D eigenvalue weighted by Gasteiger charge is 2.39. The Bertz CT molecular complexity index is 420. The second-order valence-corrected chi connectivity index (χ2v) is 6.63. The van der Waals surface area contributed by atoms with Gasteiger partial charge in [0.1, 0.15) is 0 Å². The van der Waals surface area contributed by atoms with E-state index in [0.29, 0.717) is 12.5 Å². The SMILES string of the molecule is COC(=O)NS(=O)(=O)N1CCCC1C1CCNCC1. The van der Waals surface area contributed by atoms with Gasteiger partial charge in [0.15, 0.2) is 0 Å². The van der Waals surface area contributed by atoms with Crippen LogP contribution in [0.2, 0.25) is 0 Å². The monoisotopic (exact) mass is 291 g/mol. The van der Waals surface area contributed by atoms with E-state index in [0.717, 1.165) is 45.9 Å². The van der Waals surface area contributed by atoms with E-state index in [1.54, 1.807) is 0 Å². The minimum absolute atomic E-state index is 0.00394. The van der Waals surface area contributed by atoms with E-state index in [4.69, 9.17) is 0 Å². The standard InChI is InChI=1S/C11H21N3O4S/c1-18-11(15)13-19(16,17)14-8-2-3-10(14)9-4-6-12-7-5-9/h9-10,12H,2-8H2,1H3,(H,13,15). The highest BCUT2D eigenvalue weighted by atomic mass is 32.2. The van der Waals surface area contributed by atoms with Crippen molar-refractivity contribution >= 4 is 16.3 Å². The van der Waals surface area contributed by atoms with Gasteiger partial charge < -0.3 is 10.1 Å². The second kappa shape index (κ2) is 6.06. The third-order valence-corrected chi connectivity index (χ3v) is 5.38. The van der Waals surface area contributed by atoms with E-state index in [-0.39, 0.29) is 6.04 Å². The minimum atomic E-state index is -3.78. The maximum absolute atomic E-state index is 12.2. The van der Waals surface area contributed by atoms with E-state index in [9.17, 15) is 13.2 Å². The van der Waals surface area contributed by atoms with Gasteiger partial charge in [0.25, 0.3) is 0 Å². The third-order valence-electron chi connectivity index (χ3n) is 3.88. The lowest BCUT2D eigenvalue weighted by molar-refractivity contribution is 0.175. The molecule has 0 bridgehead atoms. The number of piperidine rings is 1. The van der Waals surface area contributed by atoms with Gasteiger partial charge >= 0.3 is 16.3 Å². The lowest BCUT2D eigenvalue weighted by Gasteiger charge is -2.33. The van der Waals surface area contributed by atoms with Crippen LogP contribution in [-0.4, -0.2) is 51.6 Å². The van der Waals surface area contributed by atoms with Crippen molar-refractivity contribution in [2.45, 2.75) is 31.7 Å². The molecule has 0 saturated carbocycles. The number of hydrogen-bond acceptors (Lipinski definition) is 5. The number of rotatable bonds is 3. The summed E-state index contributed by atoms with van der Waals surface area (Å²) in [5, 5.41) is 3.28. The van der Waals surface area contributed by atoms with Crippen molar-refractivity contribution in [2.24, 2.45) is 5.92 Å². The quantitative estimate of drug-likeness (QED) is 0.767. The first-order valence-electron chi connectivity index (χ1n) is 6.63. The molecular weight excluding hydrogens is 270 g/mol. The van der Waals surface area contributed by atoms with Crippen molar-refractivity contribution in [2.75, 3.05) is 26.7 Å². The van der Waals surface area contributed by atoms with Crippen LogP contribution in [0.15, 0.2) is 0 Å². The van der Waals surface area contributed by atoms with E-state index in [1.807, 2.05) is 4.72 Å². The number of methoxy groups -OCH3 is 1. The molecule has 1 unspecified atom stereocenters. The predicted molar refractivity (Wildman–Crippen MR) is 69.8 cm³/mol. The maximum atomic E-state index is 12.2. The van der Waals surface area contributed by atoms with Gasteiger partial charge in [-0.05, 0) is 44.7 Å². The minimum Gasteiger partial charge on any atom is -0.452 e. The molecule has 1 atom stereocenters. The number of carbonyl (C=O) groups is 1. The fourth-order valence-electron chi connectivity index (χ4n) is 2.97. The summed E-state index contributed by atoms with van der Waals surface area (Å²) >= 11 is 0. The van der Waals surface area contributed by atoms with Crippen molar-refractivity contribution in [3.8, 4) is 0 Å². The van der Waals surface area contributed by atoms with Crippen LogP contribution >= 0.6 is 0 Å². The van der Waals surface area contributed by atoms with E-state index < -0.39 is 16.3 Å². The number of hydrogen-bond donors (Lipinski definition) is 2. The van der Waals surface area contributed by atoms with Crippen LogP contribution in [0.5, 0.6) is 0 Å². The molecule has 8 heteroatoms. The van der Waals surface area contributed by atoms with E-state index in [2.05, 4.69) is 10.1 Å². The summed E-state index contributed by atoms with van der Waals surface area (Å²) in [6, 6.07) is 0.00394. The van der Waals surface area contributed by atoms with Crippen LogP contribution in [0.3, 0.4) is 0 Å². The average Bonchev–Trinajstić information content (AvgIpc) is 2.89. The predicted octanol–water partition coefficient (Wildman–Crippen LogP) is 0.0512. The number of nitrogens with zero attached hydrogens (tertiary/aromatic N) is 1. The number of amides is 1. The lowest BCUT2D eigenvalue weighted by Crippen LogP contribution is -2.49.